The Morgan fingerprint density at radius 3 is 3.06 bits per heavy atom. The molecule has 18 heavy (non-hydrogen) atoms. The molecule has 0 spiro atoms. The number of aryl methyl sites for hydroxylation is 1. The molecule has 0 amide bonds. The molecule has 1 heterocycles. The number of piperidine rings is 1. The zero-order valence-electron chi connectivity index (χ0n) is 11.2. The SMILES string of the molecule is CCCN1CCC[C@@H]2c3ccc(Cl)cc3CC[C@H]21. The fourth-order valence-corrected chi connectivity index (χ4v) is 4.09. The lowest BCUT2D eigenvalue weighted by molar-refractivity contribution is 0.113. The van der Waals surface area contributed by atoms with Crippen molar-refractivity contribution in [2.24, 2.45) is 0 Å². The number of fused-ring (bicyclic) bond motifs is 3. The molecular formula is C16H22ClN. The van der Waals surface area contributed by atoms with Gasteiger partial charge in [-0.25, -0.2) is 0 Å². The van der Waals surface area contributed by atoms with E-state index in [0.717, 1.165) is 17.0 Å². The van der Waals surface area contributed by atoms with E-state index in [2.05, 4.69) is 30.0 Å². The number of nitrogens with zero attached hydrogens (tertiary/aromatic N) is 1. The predicted octanol–water partition coefficient (Wildman–Crippen LogP) is 4.24. The molecule has 1 aliphatic carbocycles. The molecule has 2 aliphatic rings. The number of hydrogen-bond acceptors (Lipinski definition) is 1. The van der Waals surface area contributed by atoms with Gasteiger partial charge in [0.15, 0.2) is 0 Å². The number of hydrogen-bond donors (Lipinski definition) is 0. The summed E-state index contributed by atoms with van der Waals surface area (Å²) >= 11 is 6.12. The van der Waals surface area contributed by atoms with Crippen LogP contribution in [0.3, 0.4) is 0 Å². The molecule has 0 bridgehead atoms. The molecule has 98 valence electrons. The summed E-state index contributed by atoms with van der Waals surface area (Å²) in [5, 5.41) is 0.897. The molecule has 3 rings (SSSR count). The third kappa shape index (κ3) is 2.19. The van der Waals surface area contributed by atoms with Crippen LogP contribution >= 0.6 is 11.6 Å². The Bertz CT molecular complexity index is 427. The lowest BCUT2D eigenvalue weighted by atomic mass is 9.74. The van der Waals surface area contributed by atoms with Gasteiger partial charge in [-0.15, -0.1) is 0 Å². The van der Waals surface area contributed by atoms with Crippen LogP contribution < -0.4 is 0 Å². The number of rotatable bonds is 2. The van der Waals surface area contributed by atoms with E-state index in [1.165, 1.54) is 50.8 Å². The number of halogens is 1. The summed E-state index contributed by atoms with van der Waals surface area (Å²) in [7, 11) is 0. The van der Waals surface area contributed by atoms with Crippen LogP contribution in [0.1, 0.15) is 49.7 Å². The minimum atomic E-state index is 0.756. The van der Waals surface area contributed by atoms with Gasteiger partial charge < -0.3 is 0 Å². The van der Waals surface area contributed by atoms with E-state index < -0.39 is 0 Å². The fourth-order valence-electron chi connectivity index (χ4n) is 3.89. The highest BCUT2D eigenvalue weighted by molar-refractivity contribution is 6.30. The molecule has 1 fully saturated rings. The zero-order valence-corrected chi connectivity index (χ0v) is 11.9. The van der Waals surface area contributed by atoms with Crippen molar-refractivity contribution < 1.29 is 0 Å². The highest BCUT2D eigenvalue weighted by Crippen LogP contribution is 2.41. The van der Waals surface area contributed by atoms with Gasteiger partial charge in [-0.3, -0.25) is 4.90 Å². The van der Waals surface area contributed by atoms with Crippen molar-refractivity contribution in [2.45, 2.75) is 51.0 Å². The Hall–Kier alpha value is -0.530. The lowest BCUT2D eigenvalue weighted by Gasteiger charge is -2.45. The second kappa shape index (κ2) is 5.22. The molecule has 0 saturated carbocycles. The van der Waals surface area contributed by atoms with Gasteiger partial charge >= 0.3 is 0 Å². The van der Waals surface area contributed by atoms with Crippen molar-refractivity contribution in [3.05, 3.63) is 34.3 Å². The fraction of sp³-hybridized carbons (Fsp3) is 0.625. The van der Waals surface area contributed by atoms with Crippen LogP contribution in [0.15, 0.2) is 18.2 Å². The van der Waals surface area contributed by atoms with Crippen LogP contribution in [0.4, 0.5) is 0 Å². The van der Waals surface area contributed by atoms with Gasteiger partial charge in [-0.1, -0.05) is 24.6 Å². The Kier molecular flexibility index (Phi) is 3.63. The average molecular weight is 264 g/mol. The third-order valence-corrected chi connectivity index (χ3v) is 4.85. The first-order valence-electron chi connectivity index (χ1n) is 7.32. The molecule has 2 heteroatoms. The van der Waals surface area contributed by atoms with Crippen LogP contribution in [-0.2, 0) is 6.42 Å². The molecule has 1 saturated heterocycles. The van der Waals surface area contributed by atoms with Gasteiger partial charge in [0.1, 0.15) is 0 Å². The van der Waals surface area contributed by atoms with Crippen molar-refractivity contribution in [3.63, 3.8) is 0 Å². The van der Waals surface area contributed by atoms with Crippen molar-refractivity contribution in [3.8, 4) is 0 Å². The standard InChI is InChI=1S/C16H22ClN/c1-2-9-18-10-3-4-15-14-7-6-13(17)11-12(14)5-8-16(15)18/h6-7,11,15-16H,2-5,8-10H2,1H3/t15-,16-/m1/s1. The number of benzene rings is 1. The van der Waals surface area contributed by atoms with E-state index in [1.54, 1.807) is 5.56 Å². The van der Waals surface area contributed by atoms with Crippen LogP contribution in [0.2, 0.25) is 5.02 Å². The molecule has 1 aromatic rings. The molecule has 0 N–H and O–H groups in total. The topological polar surface area (TPSA) is 3.24 Å². The largest absolute Gasteiger partial charge is 0.300 e. The van der Waals surface area contributed by atoms with E-state index in [1.807, 2.05) is 0 Å². The minimum absolute atomic E-state index is 0.756. The first-order chi connectivity index (χ1) is 8.79. The van der Waals surface area contributed by atoms with Crippen molar-refractivity contribution in [2.75, 3.05) is 13.1 Å². The minimum Gasteiger partial charge on any atom is -0.300 e. The third-order valence-electron chi connectivity index (χ3n) is 4.62. The summed E-state index contributed by atoms with van der Waals surface area (Å²) < 4.78 is 0. The molecular weight excluding hydrogens is 242 g/mol. The molecule has 1 aromatic carbocycles. The number of likely N-dealkylation sites (tertiary alicyclic amines) is 1. The van der Waals surface area contributed by atoms with Gasteiger partial charge in [-0.2, -0.15) is 0 Å². The Balaban J connectivity index is 1.89. The maximum Gasteiger partial charge on any atom is 0.0408 e. The summed E-state index contributed by atoms with van der Waals surface area (Å²) in [4.78, 5) is 2.73. The molecule has 2 atom stereocenters. The maximum atomic E-state index is 6.12. The Morgan fingerprint density at radius 2 is 2.22 bits per heavy atom. The first-order valence-corrected chi connectivity index (χ1v) is 7.69. The Labute approximate surface area is 115 Å². The first kappa shape index (κ1) is 12.5. The quantitative estimate of drug-likeness (QED) is 0.771. The van der Waals surface area contributed by atoms with Crippen LogP contribution in [-0.4, -0.2) is 24.0 Å². The van der Waals surface area contributed by atoms with E-state index in [4.69, 9.17) is 11.6 Å². The summed E-state index contributed by atoms with van der Waals surface area (Å²) in [6, 6.07) is 7.32. The van der Waals surface area contributed by atoms with E-state index >= 15 is 0 Å². The zero-order chi connectivity index (χ0) is 12.5. The highest BCUT2D eigenvalue weighted by atomic mass is 35.5. The summed E-state index contributed by atoms with van der Waals surface area (Å²) in [5.41, 5.74) is 3.08. The Morgan fingerprint density at radius 1 is 1.33 bits per heavy atom. The predicted molar refractivity (Wildman–Crippen MR) is 77.4 cm³/mol. The van der Waals surface area contributed by atoms with Crippen LogP contribution in [0, 0.1) is 0 Å². The van der Waals surface area contributed by atoms with Gasteiger partial charge in [-0.05, 0) is 74.4 Å². The second-order valence-corrected chi connectivity index (χ2v) is 6.17. The van der Waals surface area contributed by atoms with Crippen molar-refractivity contribution in [1.82, 2.24) is 4.90 Å². The van der Waals surface area contributed by atoms with Gasteiger partial charge in [0, 0.05) is 11.1 Å². The molecule has 1 nitrogen and oxygen atoms in total. The molecule has 0 unspecified atom stereocenters. The molecule has 0 aromatic heterocycles. The van der Waals surface area contributed by atoms with E-state index in [0.29, 0.717) is 0 Å². The molecule has 0 radical (unpaired) electrons. The normalized spacial score (nSPS) is 27.7. The smallest absolute Gasteiger partial charge is 0.0408 e. The second-order valence-electron chi connectivity index (χ2n) is 5.73. The molecule has 1 aliphatic heterocycles. The summed E-state index contributed by atoms with van der Waals surface area (Å²) in [6.45, 7) is 4.86. The van der Waals surface area contributed by atoms with Crippen molar-refractivity contribution >= 4 is 11.6 Å². The van der Waals surface area contributed by atoms with Gasteiger partial charge in [0.2, 0.25) is 0 Å². The van der Waals surface area contributed by atoms with E-state index in [9.17, 15) is 0 Å². The lowest BCUT2D eigenvalue weighted by Crippen LogP contribution is -2.46. The summed E-state index contributed by atoms with van der Waals surface area (Å²) in [5.74, 6) is 0.756. The highest BCUT2D eigenvalue weighted by Gasteiger charge is 2.35. The monoisotopic (exact) mass is 263 g/mol. The van der Waals surface area contributed by atoms with Crippen LogP contribution in [0.5, 0.6) is 0 Å². The average Bonchev–Trinajstić information content (AvgIpc) is 2.38. The van der Waals surface area contributed by atoms with Gasteiger partial charge in [0.25, 0.3) is 0 Å². The summed E-state index contributed by atoms with van der Waals surface area (Å²) in [6.07, 6.45) is 6.51. The van der Waals surface area contributed by atoms with E-state index in [-0.39, 0.29) is 0 Å². The van der Waals surface area contributed by atoms with Crippen molar-refractivity contribution in [1.29, 1.82) is 0 Å². The van der Waals surface area contributed by atoms with Crippen LogP contribution in [0.25, 0.3) is 0 Å². The van der Waals surface area contributed by atoms with Gasteiger partial charge in [0.05, 0.1) is 0 Å². The maximum absolute atomic E-state index is 6.12.